The summed E-state index contributed by atoms with van der Waals surface area (Å²) < 4.78 is 14.4. The Kier molecular flexibility index (Phi) is 7.55. The minimum absolute atomic E-state index is 0.0281. The number of hydrogen-bond acceptors (Lipinski definition) is 7. The van der Waals surface area contributed by atoms with Crippen molar-refractivity contribution < 1.29 is 14.0 Å². The van der Waals surface area contributed by atoms with E-state index in [9.17, 15) is 14.0 Å². The van der Waals surface area contributed by atoms with Crippen molar-refractivity contribution in [3.8, 4) is 0 Å². The molecule has 2 aromatic carbocycles. The van der Waals surface area contributed by atoms with Crippen molar-refractivity contribution in [2.75, 3.05) is 16.4 Å². The smallest absolute Gasteiger partial charge is 0.325 e. The van der Waals surface area contributed by atoms with Crippen molar-refractivity contribution in [1.29, 1.82) is 0 Å². The molecule has 3 N–H and O–H groups in total. The molecule has 0 saturated carbocycles. The van der Waals surface area contributed by atoms with E-state index in [0.717, 1.165) is 10.0 Å². The number of aromatic nitrogens is 2. The summed E-state index contributed by atoms with van der Waals surface area (Å²) in [5, 5.41) is 16.5. The molecule has 0 aliphatic carbocycles. The molecule has 1 heterocycles. The van der Waals surface area contributed by atoms with Crippen LogP contribution in [0.1, 0.15) is 5.56 Å². The average molecular weight is 496 g/mol. The van der Waals surface area contributed by atoms with E-state index in [1.165, 1.54) is 35.2 Å². The van der Waals surface area contributed by atoms with Gasteiger partial charge in [0.2, 0.25) is 11.0 Å². The number of nitrogens with one attached hydrogen (secondary N) is 3. The fraction of sp³-hybridized carbons (Fsp3) is 0.111. The highest BCUT2D eigenvalue weighted by atomic mass is 79.9. The van der Waals surface area contributed by atoms with Gasteiger partial charge in [-0.15, -0.1) is 10.2 Å². The van der Waals surface area contributed by atoms with Gasteiger partial charge in [0, 0.05) is 16.7 Å². The Morgan fingerprint density at radius 3 is 2.52 bits per heavy atom. The first-order valence-corrected chi connectivity index (χ1v) is 10.9. The standard InChI is InChI=1S/C18H15BrFN5O2S2/c19-12-3-7-14(8-4-12)22-16(27)23-15(26)10-28-18-25-24-17(29-18)21-9-11-1-5-13(20)6-2-11/h1-8H,9-10H2,(H,21,24)(H2,22,23,26,27). The van der Waals surface area contributed by atoms with Crippen molar-refractivity contribution in [3.05, 3.63) is 64.4 Å². The van der Waals surface area contributed by atoms with Gasteiger partial charge in [-0.2, -0.15) is 0 Å². The monoisotopic (exact) mass is 495 g/mol. The minimum atomic E-state index is -0.600. The van der Waals surface area contributed by atoms with Crippen LogP contribution in [0.15, 0.2) is 57.3 Å². The summed E-state index contributed by atoms with van der Waals surface area (Å²) in [4.78, 5) is 23.8. The summed E-state index contributed by atoms with van der Waals surface area (Å²) in [7, 11) is 0. The van der Waals surface area contributed by atoms with Gasteiger partial charge in [-0.05, 0) is 42.0 Å². The number of carbonyl (C=O) groups is 2. The van der Waals surface area contributed by atoms with Gasteiger partial charge in [-0.3, -0.25) is 10.1 Å². The number of rotatable bonds is 7. The van der Waals surface area contributed by atoms with Gasteiger partial charge in [-0.1, -0.05) is 51.2 Å². The fourth-order valence-corrected chi connectivity index (χ4v) is 3.92. The molecule has 3 amide bonds. The second-order valence-electron chi connectivity index (χ2n) is 5.65. The summed E-state index contributed by atoms with van der Waals surface area (Å²) in [6.45, 7) is 0.482. The third-order valence-electron chi connectivity index (χ3n) is 3.45. The highest BCUT2D eigenvalue weighted by Gasteiger charge is 2.11. The molecule has 1 aromatic heterocycles. The number of urea groups is 1. The van der Waals surface area contributed by atoms with Crippen molar-refractivity contribution in [2.45, 2.75) is 10.9 Å². The Balaban J connectivity index is 1.40. The molecule has 3 aromatic rings. The van der Waals surface area contributed by atoms with Crippen LogP contribution in [0.5, 0.6) is 0 Å². The van der Waals surface area contributed by atoms with E-state index >= 15 is 0 Å². The van der Waals surface area contributed by atoms with Gasteiger partial charge in [0.15, 0.2) is 4.34 Å². The Morgan fingerprint density at radius 2 is 1.79 bits per heavy atom. The molecule has 0 aliphatic heterocycles. The predicted molar refractivity (Wildman–Crippen MR) is 116 cm³/mol. The summed E-state index contributed by atoms with van der Waals surface area (Å²) in [5.41, 5.74) is 1.49. The van der Waals surface area contributed by atoms with Gasteiger partial charge in [-0.25, -0.2) is 9.18 Å². The molecule has 0 atom stereocenters. The van der Waals surface area contributed by atoms with E-state index in [1.54, 1.807) is 36.4 Å². The molecule has 0 saturated heterocycles. The van der Waals surface area contributed by atoms with E-state index < -0.39 is 11.9 Å². The third kappa shape index (κ3) is 7.11. The molecule has 0 unspecified atom stereocenters. The Hall–Kier alpha value is -2.50. The van der Waals surface area contributed by atoms with Crippen LogP contribution in [0.4, 0.5) is 20.0 Å². The van der Waals surface area contributed by atoms with E-state index in [-0.39, 0.29) is 11.6 Å². The molecule has 0 spiro atoms. The zero-order chi connectivity index (χ0) is 20.6. The molecule has 11 heteroatoms. The Bertz CT molecular complexity index is 983. The molecule has 7 nitrogen and oxygen atoms in total. The number of thioether (sulfide) groups is 1. The van der Waals surface area contributed by atoms with Gasteiger partial charge in [0.25, 0.3) is 0 Å². The largest absolute Gasteiger partial charge is 0.356 e. The van der Waals surface area contributed by atoms with E-state index in [0.29, 0.717) is 21.7 Å². The first-order chi connectivity index (χ1) is 14.0. The average Bonchev–Trinajstić information content (AvgIpc) is 3.16. The fourth-order valence-electron chi connectivity index (χ4n) is 2.11. The molecular formula is C18H15BrFN5O2S2. The normalized spacial score (nSPS) is 10.4. The van der Waals surface area contributed by atoms with Crippen LogP contribution in [-0.2, 0) is 11.3 Å². The van der Waals surface area contributed by atoms with Crippen LogP contribution in [0.3, 0.4) is 0 Å². The lowest BCUT2D eigenvalue weighted by molar-refractivity contribution is -0.117. The van der Waals surface area contributed by atoms with Crippen molar-refractivity contribution in [2.24, 2.45) is 0 Å². The van der Waals surface area contributed by atoms with Crippen LogP contribution in [0.25, 0.3) is 0 Å². The predicted octanol–water partition coefficient (Wildman–Crippen LogP) is 4.49. The lowest BCUT2D eigenvalue weighted by Crippen LogP contribution is -2.35. The van der Waals surface area contributed by atoms with Crippen LogP contribution >= 0.6 is 39.0 Å². The van der Waals surface area contributed by atoms with Gasteiger partial charge >= 0.3 is 6.03 Å². The topological polar surface area (TPSA) is 96.0 Å². The highest BCUT2D eigenvalue weighted by molar-refractivity contribution is 9.10. The van der Waals surface area contributed by atoms with E-state index in [2.05, 4.69) is 42.1 Å². The van der Waals surface area contributed by atoms with Crippen molar-refractivity contribution in [1.82, 2.24) is 15.5 Å². The zero-order valence-electron chi connectivity index (χ0n) is 14.8. The lowest BCUT2D eigenvalue weighted by Gasteiger charge is -2.06. The summed E-state index contributed by atoms with van der Waals surface area (Å²) in [5.74, 6) is -0.701. The van der Waals surface area contributed by atoms with Crippen LogP contribution in [-0.4, -0.2) is 27.9 Å². The molecule has 0 fully saturated rings. The van der Waals surface area contributed by atoms with Gasteiger partial charge in [0.05, 0.1) is 5.75 Å². The SMILES string of the molecule is O=C(CSc1nnc(NCc2ccc(F)cc2)s1)NC(=O)Nc1ccc(Br)cc1. The highest BCUT2D eigenvalue weighted by Crippen LogP contribution is 2.25. The molecule has 150 valence electrons. The van der Waals surface area contributed by atoms with Crippen LogP contribution < -0.4 is 16.0 Å². The summed E-state index contributed by atoms with van der Waals surface area (Å²) in [6.07, 6.45) is 0. The molecular weight excluding hydrogens is 481 g/mol. The van der Waals surface area contributed by atoms with Gasteiger partial charge < -0.3 is 10.6 Å². The first-order valence-electron chi connectivity index (χ1n) is 8.29. The number of halogens is 2. The maximum absolute atomic E-state index is 12.9. The van der Waals surface area contributed by atoms with E-state index in [4.69, 9.17) is 0 Å². The zero-order valence-corrected chi connectivity index (χ0v) is 18.0. The second kappa shape index (κ2) is 10.3. The maximum Gasteiger partial charge on any atom is 0.325 e. The second-order valence-corrected chi connectivity index (χ2v) is 8.77. The maximum atomic E-state index is 12.9. The minimum Gasteiger partial charge on any atom is -0.356 e. The summed E-state index contributed by atoms with van der Waals surface area (Å²) >= 11 is 5.78. The third-order valence-corrected chi connectivity index (χ3v) is 5.99. The van der Waals surface area contributed by atoms with E-state index in [1.807, 2.05) is 0 Å². The number of imide groups is 1. The van der Waals surface area contributed by atoms with Crippen molar-refractivity contribution in [3.63, 3.8) is 0 Å². The first kappa shape index (κ1) is 21.2. The van der Waals surface area contributed by atoms with Crippen molar-refractivity contribution >= 4 is 61.8 Å². The number of benzene rings is 2. The Labute approximate surface area is 182 Å². The molecule has 0 aliphatic rings. The quantitative estimate of drug-likeness (QED) is 0.417. The number of amides is 3. The number of hydrogen-bond donors (Lipinski definition) is 3. The summed E-state index contributed by atoms with van der Waals surface area (Å²) in [6, 6.07) is 12.5. The lowest BCUT2D eigenvalue weighted by atomic mass is 10.2. The van der Waals surface area contributed by atoms with Crippen LogP contribution in [0, 0.1) is 5.82 Å². The molecule has 29 heavy (non-hydrogen) atoms. The Morgan fingerprint density at radius 1 is 1.07 bits per heavy atom. The van der Waals surface area contributed by atoms with Gasteiger partial charge in [0.1, 0.15) is 5.82 Å². The van der Waals surface area contributed by atoms with Crippen LogP contribution in [0.2, 0.25) is 0 Å². The number of anilines is 2. The molecule has 3 rings (SSSR count). The number of nitrogens with zero attached hydrogens (tertiary/aromatic N) is 2. The number of carbonyl (C=O) groups excluding carboxylic acids is 2. The molecule has 0 radical (unpaired) electrons. The molecule has 0 bridgehead atoms.